The zero-order chi connectivity index (χ0) is 25.8. The fourth-order valence-electron chi connectivity index (χ4n) is 3.58. The highest BCUT2D eigenvalue weighted by Gasteiger charge is 2.15. The molecule has 0 radical (unpaired) electrons. The summed E-state index contributed by atoms with van der Waals surface area (Å²) in [6.45, 7) is 2.02. The van der Waals surface area contributed by atoms with Crippen LogP contribution in [0.5, 0.6) is 0 Å². The second-order valence-electron chi connectivity index (χ2n) is 7.79. The van der Waals surface area contributed by atoms with Crippen molar-refractivity contribution in [2.45, 2.75) is 19.8 Å². The van der Waals surface area contributed by atoms with E-state index in [-0.39, 0.29) is 23.0 Å². The summed E-state index contributed by atoms with van der Waals surface area (Å²) in [5.74, 6) is 1.30. The number of aryl methyl sites for hydroxylation is 2. The number of nitrogen functional groups attached to an aromatic ring is 2. The summed E-state index contributed by atoms with van der Waals surface area (Å²) >= 11 is 6.16. The zero-order valence-corrected chi connectivity index (χ0v) is 20.3. The minimum Gasteiger partial charge on any atom is -0.383 e. The van der Waals surface area contributed by atoms with Crippen molar-refractivity contribution in [3.63, 3.8) is 0 Å². The second-order valence-corrected chi connectivity index (χ2v) is 8.20. The summed E-state index contributed by atoms with van der Waals surface area (Å²) in [6, 6.07) is 11.0. The Morgan fingerprint density at radius 3 is 2.33 bits per heavy atom. The standard InChI is InChI=1S/C17H14ClFN2O.C7H9N7/c1-2-4-15-20-14-6-3-5-13(18)16(14)17(22)21(15)12-9-7-11(19)8-10-12;1-14-3-12-7(13-14)4-5(8)10-2-11-6(4)9/h3,5-10H,2,4H2,1H3;2-3H,1H3,(H4,8,9,10,11). The highest BCUT2D eigenvalue weighted by molar-refractivity contribution is 6.35. The van der Waals surface area contributed by atoms with Crippen molar-refractivity contribution in [2.24, 2.45) is 7.05 Å². The van der Waals surface area contributed by atoms with Gasteiger partial charge in [0.2, 0.25) is 0 Å². The Bertz CT molecular complexity index is 1560. The first-order valence-corrected chi connectivity index (χ1v) is 11.4. The molecule has 36 heavy (non-hydrogen) atoms. The molecule has 0 aliphatic heterocycles. The molecule has 2 aromatic carbocycles. The normalized spacial score (nSPS) is 10.8. The van der Waals surface area contributed by atoms with E-state index in [1.54, 1.807) is 48.4 Å². The molecule has 0 unspecified atom stereocenters. The molecule has 3 aromatic heterocycles. The van der Waals surface area contributed by atoms with Gasteiger partial charge < -0.3 is 11.5 Å². The van der Waals surface area contributed by atoms with E-state index in [0.29, 0.717) is 45.2 Å². The van der Waals surface area contributed by atoms with Crippen LogP contribution >= 0.6 is 11.6 Å². The van der Waals surface area contributed by atoms with Gasteiger partial charge in [-0.1, -0.05) is 24.6 Å². The molecular weight excluding hydrogens is 485 g/mol. The maximum Gasteiger partial charge on any atom is 0.267 e. The van der Waals surface area contributed by atoms with Gasteiger partial charge >= 0.3 is 0 Å². The summed E-state index contributed by atoms with van der Waals surface area (Å²) < 4.78 is 16.2. The third-order valence-electron chi connectivity index (χ3n) is 5.20. The first kappa shape index (κ1) is 24.7. The summed E-state index contributed by atoms with van der Waals surface area (Å²) in [5, 5.41) is 4.82. The van der Waals surface area contributed by atoms with E-state index >= 15 is 0 Å². The Morgan fingerprint density at radius 1 is 1.03 bits per heavy atom. The Labute approximate surface area is 210 Å². The van der Waals surface area contributed by atoms with Crippen LogP contribution in [0.3, 0.4) is 0 Å². The van der Waals surface area contributed by atoms with Crippen molar-refractivity contribution in [1.82, 2.24) is 34.3 Å². The highest BCUT2D eigenvalue weighted by Crippen LogP contribution is 2.24. The lowest BCUT2D eigenvalue weighted by molar-refractivity contribution is 0.627. The first-order chi connectivity index (χ1) is 17.3. The van der Waals surface area contributed by atoms with Gasteiger partial charge in [0, 0.05) is 13.5 Å². The molecule has 10 nitrogen and oxygen atoms in total. The zero-order valence-electron chi connectivity index (χ0n) is 19.6. The van der Waals surface area contributed by atoms with Crippen LogP contribution in [0.2, 0.25) is 5.02 Å². The van der Waals surface area contributed by atoms with Crippen LogP contribution in [0.1, 0.15) is 19.2 Å². The van der Waals surface area contributed by atoms with Gasteiger partial charge in [0.05, 0.1) is 21.6 Å². The van der Waals surface area contributed by atoms with Gasteiger partial charge in [-0.2, -0.15) is 5.10 Å². The molecule has 0 saturated carbocycles. The van der Waals surface area contributed by atoms with E-state index in [1.807, 2.05) is 6.92 Å². The van der Waals surface area contributed by atoms with Gasteiger partial charge in [0.1, 0.15) is 41.5 Å². The highest BCUT2D eigenvalue weighted by atomic mass is 35.5. The topological polar surface area (TPSA) is 143 Å². The van der Waals surface area contributed by atoms with Gasteiger partial charge in [0.25, 0.3) is 5.56 Å². The van der Waals surface area contributed by atoms with Crippen molar-refractivity contribution in [3.05, 3.63) is 82.1 Å². The van der Waals surface area contributed by atoms with Crippen LogP contribution in [-0.4, -0.2) is 34.3 Å². The fraction of sp³-hybridized carbons (Fsp3) is 0.167. The molecular formula is C24H23ClFN9O. The number of anilines is 2. The first-order valence-electron chi connectivity index (χ1n) is 11.0. The van der Waals surface area contributed by atoms with E-state index < -0.39 is 0 Å². The molecule has 5 aromatic rings. The van der Waals surface area contributed by atoms with Crippen LogP contribution in [0, 0.1) is 5.82 Å². The third-order valence-corrected chi connectivity index (χ3v) is 5.52. The maximum atomic E-state index is 13.1. The largest absolute Gasteiger partial charge is 0.383 e. The number of halogens is 2. The molecule has 184 valence electrons. The summed E-state index contributed by atoms with van der Waals surface area (Å²) in [6.07, 6.45) is 4.35. The number of hydrogen-bond acceptors (Lipinski definition) is 8. The molecule has 0 saturated heterocycles. The molecule has 0 aliphatic rings. The summed E-state index contributed by atoms with van der Waals surface area (Å²) in [7, 11) is 1.76. The van der Waals surface area contributed by atoms with Crippen molar-refractivity contribution < 1.29 is 4.39 Å². The predicted molar refractivity (Wildman–Crippen MR) is 137 cm³/mol. The van der Waals surface area contributed by atoms with E-state index in [9.17, 15) is 9.18 Å². The Hall–Kier alpha value is -4.38. The predicted octanol–water partition coefficient (Wildman–Crippen LogP) is 3.57. The molecule has 0 atom stereocenters. The third kappa shape index (κ3) is 5.01. The molecule has 4 N–H and O–H groups in total. The number of aromatic nitrogens is 7. The fourth-order valence-corrected chi connectivity index (χ4v) is 3.83. The van der Waals surface area contributed by atoms with Crippen LogP contribution in [0.15, 0.2) is 59.9 Å². The number of benzene rings is 2. The van der Waals surface area contributed by atoms with Crippen molar-refractivity contribution in [2.75, 3.05) is 11.5 Å². The van der Waals surface area contributed by atoms with Gasteiger partial charge in [-0.3, -0.25) is 14.0 Å². The molecule has 0 amide bonds. The number of nitrogens with zero attached hydrogens (tertiary/aromatic N) is 7. The lowest BCUT2D eigenvalue weighted by atomic mass is 10.2. The summed E-state index contributed by atoms with van der Waals surface area (Å²) in [4.78, 5) is 29.1. The molecule has 0 aliphatic carbocycles. The quantitative estimate of drug-likeness (QED) is 0.375. The van der Waals surface area contributed by atoms with Crippen LogP contribution in [-0.2, 0) is 13.5 Å². The smallest absolute Gasteiger partial charge is 0.267 e. The lowest BCUT2D eigenvalue weighted by Gasteiger charge is -2.13. The van der Waals surface area contributed by atoms with Crippen LogP contribution < -0.4 is 17.0 Å². The Balaban J connectivity index is 0.000000187. The minimum atomic E-state index is -0.347. The molecule has 0 fully saturated rings. The van der Waals surface area contributed by atoms with Crippen molar-refractivity contribution >= 4 is 34.1 Å². The van der Waals surface area contributed by atoms with E-state index in [2.05, 4.69) is 25.0 Å². The minimum absolute atomic E-state index is 0.231. The average Bonchev–Trinajstić information content (AvgIpc) is 3.26. The molecule has 0 spiro atoms. The van der Waals surface area contributed by atoms with E-state index in [0.717, 1.165) is 6.42 Å². The monoisotopic (exact) mass is 507 g/mol. The van der Waals surface area contributed by atoms with Crippen molar-refractivity contribution in [3.8, 4) is 17.1 Å². The number of nitrogens with two attached hydrogens (primary N) is 2. The van der Waals surface area contributed by atoms with E-state index in [1.165, 1.54) is 23.0 Å². The molecule has 5 rings (SSSR count). The average molecular weight is 508 g/mol. The summed E-state index contributed by atoms with van der Waals surface area (Å²) in [5.41, 5.74) is 12.7. The SMILES string of the molecule is CCCc1nc2cccc(Cl)c2c(=O)n1-c1ccc(F)cc1.Cn1cnc(-c2c(N)ncnc2N)n1. The molecule has 3 heterocycles. The van der Waals surface area contributed by atoms with E-state index in [4.69, 9.17) is 23.1 Å². The Kier molecular flexibility index (Phi) is 7.20. The van der Waals surface area contributed by atoms with Gasteiger partial charge in [0.15, 0.2) is 5.82 Å². The lowest BCUT2D eigenvalue weighted by Crippen LogP contribution is -2.24. The van der Waals surface area contributed by atoms with Gasteiger partial charge in [-0.25, -0.2) is 24.3 Å². The maximum absolute atomic E-state index is 13.1. The number of fused-ring (bicyclic) bond motifs is 1. The molecule has 12 heteroatoms. The van der Waals surface area contributed by atoms with Crippen LogP contribution in [0.25, 0.3) is 28.0 Å². The van der Waals surface area contributed by atoms with Crippen LogP contribution in [0.4, 0.5) is 16.0 Å². The number of rotatable bonds is 4. The number of hydrogen-bond donors (Lipinski definition) is 2. The van der Waals surface area contributed by atoms with Crippen molar-refractivity contribution in [1.29, 1.82) is 0 Å². The van der Waals surface area contributed by atoms with Gasteiger partial charge in [-0.15, -0.1) is 0 Å². The second kappa shape index (κ2) is 10.5. The van der Waals surface area contributed by atoms with Gasteiger partial charge in [-0.05, 0) is 42.8 Å². The molecule has 0 bridgehead atoms. The Morgan fingerprint density at radius 2 is 1.72 bits per heavy atom.